The fourth-order valence-corrected chi connectivity index (χ4v) is 1.96. The lowest BCUT2D eigenvalue weighted by Crippen LogP contribution is -2.21. The maximum Gasteiger partial charge on any atom is 0.201 e. The molecular weight excluding hydrogens is 248 g/mol. The van der Waals surface area contributed by atoms with E-state index in [2.05, 4.69) is 22.4 Å². The third kappa shape index (κ3) is 3.31. The van der Waals surface area contributed by atoms with Crippen molar-refractivity contribution in [2.24, 2.45) is 10.2 Å². The molecule has 0 spiro atoms. The Balaban J connectivity index is 2.20. The second-order valence-electron chi connectivity index (χ2n) is 4.86. The van der Waals surface area contributed by atoms with Crippen molar-refractivity contribution in [3.05, 3.63) is 71.8 Å². The van der Waals surface area contributed by atoms with E-state index in [0.717, 1.165) is 11.1 Å². The van der Waals surface area contributed by atoms with Crippen LogP contribution in [0, 0.1) is 0 Å². The molecule has 0 N–H and O–H groups in total. The lowest BCUT2D eigenvalue weighted by molar-refractivity contribution is 0.00218. The summed E-state index contributed by atoms with van der Waals surface area (Å²) in [5.41, 5.74) is 1.39. The van der Waals surface area contributed by atoms with Crippen molar-refractivity contribution in [3.8, 4) is 0 Å². The van der Waals surface area contributed by atoms with E-state index in [1.165, 1.54) is 0 Å². The first-order valence-electron chi connectivity index (χ1n) is 6.73. The number of benzene rings is 2. The SMILES string of the molecule is COC(C)(/N=N/C(C)c1ccccc1)c1ccccc1. The standard InChI is InChI=1S/C17H20N2O/c1-14(15-10-6-4-7-11-15)18-19-17(2,20-3)16-12-8-5-9-13-16/h4-14H,1-3H3/b19-18+. The molecule has 3 nitrogen and oxygen atoms in total. The number of ether oxygens (including phenoxy) is 1. The maximum atomic E-state index is 5.55. The first kappa shape index (κ1) is 14.4. The summed E-state index contributed by atoms with van der Waals surface area (Å²) in [6.07, 6.45) is 0. The lowest BCUT2D eigenvalue weighted by Gasteiger charge is -2.23. The van der Waals surface area contributed by atoms with E-state index < -0.39 is 5.72 Å². The summed E-state index contributed by atoms with van der Waals surface area (Å²) >= 11 is 0. The van der Waals surface area contributed by atoms with E-state index in [1.54, 1.807) is 7.11 Å². The molecule has 0 aliphatic heterocycles. The summed E-state index contributed by atoms with van der Waals surface area (Å²) in [6, 6.07) is 20.0. The number of methoxy groups -OCH3 is 1. The summed E-state index contributed by atoms with van der Waals surface area (Å²) in [6.45, 7) is 3.95. The van der Waals surface area contributed by atoms with Gasteiger partial charge in [-0.2, -0.15) is 10.2 Å². The van der Waals surface area contributed by atoms with Crippen molar-refractivity contribution in [2.75, 3.05) is 7.11 Å². The molecule has 2 atom stereocenters. The van der Waals surface area contributed by atoms with Crippen LogP contribution in [-0.2, 0) is 10.5 Å². The second kappa shape index (κ2) is 6.44. The summed E-state index contributed by atoms with van der Waals surface area (Å²) < 4.78 is 5.55. The molecule has 0 aliphatic rings. The molecule has 104 valence electrons. The van der Waals surface area contributed by atoms with E-state index in [4.69, 9.17) is 4.74 Å². The zero-order valence-corrected chi connectivity index (χ0v) is 12.2. The van der Waals surface area contributed by atoms with E-state index in [1.807, 2.05) is 62.4 Å². The van der Waals surface area contributed by atoms with Crippen molar-refractivity contribution in [3.63, 3.8) is 0 Å². The molecule has 0 aliphatic carbocycles. The molecular formula is C17H20N2O. The van der Waals surface area contributed by atoms with Gasteiger partial charge in [-0.25, -0.2) is 0 Å². The molecule has 0 amide bonds. The first-order valence-corrected chi connectivity index (χ1v) is 6.73. The van der Waals surface area contributed by atoms with Crippen LogP contribution in [0.5, 0.6) is 0 Å². The van der Waals surface area contributed by atoms with E-state index >= 15 is 0 Å². The average molecular weight is 268 g/mol. The van der Waals surface area contributed by atoms with Crippen LogP contribution < -0.4 is 0 Å². The summed E-state index contributed by atoms with van der Waals surface area (Å²) in [4.78, 5) is 0. The smallest absolute Gasteiger partial charge is 0.201 e. The molecule has 0 radical (unpaired) electrons. The minimum absolute atomic E-state index is 0.00869. The van der Waals surface area contributed by atoms with Gasteiger partial charge in [0.15, 0.2) is 0 Å². The molecule has 20 heavy (non-hydrogen) atoms. The molecule has 3 heteroatoms. The summed E-state index contributed by atoms with van der Waals surface area (Å²) in [5.74, 6) is 0. The fraction of sp³-hybridized carbons (Fsp3) is 0.294. The van der Waals surface area contributed by atoms with Crippen LogP contribution in [0.2, 0.25) is 0 Å². The fourth-order valence-electron chi connectivity index (χ4n) is 1.96. The van der Waals surface area contributed by atoms with Crippen molar-refractivity contribution < 1.29 is 4.74 Å². The average Bonchev–Trinajstić information content (AvgIpc) is 2.54. The molecule has 2 aromatic rings. The molecule has 0 saturated carbocycles. The Hall–Kier alpha value is -2.00. The Bertz CT molecular complexity index is 554. The molecule has 2 unspecified atom stereocenters. The van der Waals surface area contributed by atoms with Gasteiger partial charge in [-0.1, -0.05) is 60.7 Å². The second-order valence-corrected chi connectivity index (χ2v) is 4.86. The zero-order chi connectivity index (χ0) is 14.4. The zero-order valence-electron chi connectivity index (χ0n) is 12.2. The van der Waals surface area contributed by atoms with Crippen molar-refractivity contribution in [1.29, 1.82) is 0 Å². The van der Waals surface area contributed by atoms with Crippen molar-refractivity contribution >= 4 is 0 Å². The summed E-state index contributed by atoms with van der Waals surface area (Å²) in [7, 11) is 1.65. The molecule has 0 bridgehead atoms. The van der Waals surface area contributed by atoms with Crippen LogP contribution in [0.4, 0.5) is 0 Å². The Labute approximate surface area is 120 Å². The van der Waals surface area contributed by atoms with Gasteiger partial charge in [0.1, 0.15) is 0 Å². The highest BCUT2D eigenvalue weighted by molar-refractivity contribution is 5.21. The Morgan fingerprint density at radius 2 is 1.50 bits per heavy atom. The highest BCUT2D eigenvalue weighted by atomic mass is 16.5. The van der Waals surface area contributed by atoms with Crippen LogP contribution in [-0.4, -0.2) is 7.11 Å². The number of hydrogen-bond donors (Lipinski definition) is 0. The molecule has 2 aromatic carbocycles. The van der Waals surface area contributed by atoms with Crippen molar-refractivity contribution in [2.45, 2.75) is 25.6 Å². The molecule has 0 aromatic heterocycles. The predicted molar refractivity (Wildman–Crippen MR) is 80.5 cm³/mol. The van der Waals surface area contributed by atoms with Gasteiger partial charge in [0.2, 0.25) is 5.72 Å². The van der Waals surface area contributed by atoms with Crippen LogP contribution in [0.1, 0.15) is 31.0 Å². The minimum atomic E-state index is -0.746. The normalized spacial score (nSPS) is 15.9. The molecule has 2 rings (SSSR count). The number of azo groups is 1. The number of hydrogen-bond acceptors (Lipinski definition) is 3. The van der Waals surface area contributed by atoms with Crippen molar-refractivity contribution in [1.82, 2.24) is 0 Å². The Kier molecular flexibility index (Phi) is 4.64. The van der Waals surface area contributed by atoms with Gasteiger partial charge >= 0.3 is 0 Å². The van der Waals surface area contributed by atoms with E-state index in [0.29, 0.717) is 0 Å². The van der Waals surface area contributed by atoms with Crippen LogP contribution in [0.15, 0.2) is 70.9 Å². The predicted octanol–water partition coefficient (Wildman–Crippen LogP) is 4.72. The Morgan fingerprint density at radius 1 is 0.950 bits per heavy atom. The Morgan fingerprint density at radius 3 is 2.05 bits per heavy atom. The maximum absolute atomic E-state index is 5.55. The largest absolute Gasteiger partial charge is 0.352 e. The van der Waals surface area contributed by atoms with Gasteiger partial charge in [-0.05, 0) is 19.4 Å². The van der Waals surface area contributed by atoms with Crippen LogP contribution in [0.3, 0.4) is 0 Å². The van der Waals surface area contributed by atoms with Crippen LogP contribution >= 0.6 is 0 Å². The van der Waals surface area contributed by atoms with Gasteiger partial charge in [0.05, 0.1) is 6.04 Å². The highest BCUT2D eigenvalue weighted by Gasteiger charge is 2.25. The quantitative estimate of drug-likeness (QED) is 0.722. The van der Waals surface area contributed by atoms with Gasteiger partial charge in [-0.15, -0.1) is 0 Å². The van der Waals surface area contributed by atoms with Gasteiger partial charge < -0.3 is 4.74 Å². The van der Waals surface area contributed by atoms with E-state index in [9.17, 15) is 0 Å². The number of nitrogens with zero attached hydrogens (tertiary/aromatic N) is 2. The van der Waals surface area contributed by atoms with Gasteiger partial charge in [0.25, 0.3) is 0 Å². The first-order chi connectivity index (χ1) is 9.65. The third-order valence-corrected chi connectivity index (χ3v) is 3.41. The van der Waals surface area contributed by atoms with Gasteiger partial charge in [-0.3, -0.25) is 0 Å². The monoisotopic (exact) mass is 268 g/mol. The lowest BCUT2D eigenvalue weighted by atomic mass is 10.1. The van der Waals surface area contributed by atoms with E-state index in [-0.39, 0.29) is 6.04 Å². The minimum Gasteiger partial charge on any atom is -0.352 e. The third-order valence-electron chi connectivity index (χ3n) is 3.41. The highest BCUT2D eigenvalue weighted by Crippen LogP contribution is 2.28. The number of rotatable bonds is 5. The van der Waals surface area contributed by atoms with Gasteiger partial charge in [0, 0.05) is 12.7 Å². The summed E-state index contributed by atoms with van der Waals surface area (Å²) in [5, 5.41) is 8.84. The van der Waals surface area contributed by atoms with Crippen LogP contribution in [0.25, 0.3) is 0 Å². The molecule has 0 saturated heterocycles. The topological polar surface area (TPSA) is 34.0 Å². The molecule has 0 heterocycles. The molecule has 0 fully saturated rings.